The third kappa shape index (κ3) is 3.58. The summed E-state index contributed by atoms with van der Waals surface area (Å²) in [5, 5.41) is 3.17. The van der Waals surface area contributed by atoms with E-state index in [4.69, 9.17) is 0 Å². The molecule has 2 aromatic carbocycles. The van der Waals surface area contributed by atoms with E-state index >= 15 is 0 Å². The topological polar surface area (TPSA) is 46.9 Å². The van der Waals surface area contributed by atoms with Crippen molar-refractivity contribution in [3.8, 4) is 0 Å². The highest BCUT2D eigenvalue weighted by atomic mass is 16.1. The second kappa shape index (κ2) is 7.09. The summed E-state index contributed by atoms with van der Waals surface area (Å²) in [4.78, 5) is 16.8. The number of carbonyl (C=O) groups excluding carboxylic acids is 1. The molecule has 25 heavy (non-hydrogen) atoms. The van der Waals surface area contributed by atoms with Crippen molar-refractivity contribution >= 4 is 16.9 Å². The van der Waals surface area contributed by atoms with Gasteiger partial charge in [-0.05, 0) is 42.7 Å². The molecule has 1 amide bonds. The summed E-state index contributed by atoms with van der Waals surface area (Å²) in [5.41, 5.74) is 4.04. The first kappa shape index (κ1) is 15.9. The van der Waals surface area contributed by atoms with Gasteiger partial charge in [0.2, 0.25) is 0 Å². The van der Waals surface area contributed by atoms with Crippen LogP contribution in [0.15, 0.2) is 54.9 Å². The molecular formula is C21H23N3O. The number of carbonyl (C=O) groups is 1. The minimum atomic E-state index is 0.0477. The van der Waals surface area contributed by atoms with E-state index in [1.54, 1.807) is 0 Å². The molecule has 1 aliphatic carbocycles. The van der Waals surface area contributed by atoms with E-state index in [0.29, 0.717) is 6.04 Å². The number of fused-ring (bicyclic) bond motifs is 1. The second-order valence-corrected chi connectivity index (χ2v) is 6.87. The van der Waals surface area contributed by atoms with Crippen molar-refractivity contribution in [2.45, 2.75) is 44.7 Å². The van der Waals surface area contributed by atoms with Crippen molar-refractivity contribution < 1.29 is 4.79 Å². The maximum atomic E-state index is 12.4. The van der Waals surface area contributed by atoms with Crippen LogP contribution in [0.2, 0.25) is 0 Å². The average molecular weight is 333 g/mol. The maximum Gasteiger partial charge on any atom is 0.251 e. The Labute approximate surface area is 147 Å². The Kier molecular flexibility index (Phi) is 4.51. The van der Waals surface area contributed by atoms with Gasteiger partial charge in [0.25, 0.3) is 5.91 Å². The Morgan fingerprint density at radius 3 is 2.60 bits per heavy atom. The highest BCUT2D eigenvalue weighted by Gasteiger charge is 2.16. The molecule has 0 unspecified atom stereocenters. The zero-order valence-corrected chi connectivity index (χ0v) is 14.3. The van der Waals surface area contributed by atoms with E-state index in [0.717, 1.165) is 41.5 Å². The number of para-hydroxylation sites is 2. The number of hydrogen-bond donors (Lipinski definition) is 1. The van der Waals surface area contributed by atoms with Crippen molar-refractivity contribution in [2.75, 3.05) is 0 Å². The van der Waals surface area contributed by atoms with Crippen LogP contribution in [0.3, 0.4) is 0 Å². The number of benzene rings is 2. The van der Waals surface area contributed by atoms with E-state index in [1.807, 2.05) is 48.8 Å². The lowest BCUT2D eigenvalue weighted by Crippen LogP contribution is -2.36. The van der Waals surface area contributed by atoms with Crippen LogP contribution in [0.1, 0.15) is 48.0 Å². The fourth-order valence-corrected chi connectivity index (χ4v) is 3.61. The van der Waals surface area contributed by atoms with Gasteiger partial charge in [-0.25, -0.2) is 4.98 Å². The van der Waals surface area contributed by atoms with Crippen molar-refractivity contribution in [3.63, 3.8) is 0 Å². The first-order chi connectivity index (χ1) is 12.3. The lowest BCUT2D eigenvalue weighted by atomic mass is 9.95. The number of nitrogens with zero attached hydrogens (tertiary/aromatic N) is 2. The molecule has 1 heterocycles. The zero-order chi connectivity index (χ0) is 17.1. The van der Waals surface area contributed by atoms with Gasteiger partial charge in [-0.3, -0.25) is 4.79 Å². The lowest BCUT2D eigenvalue weighted by molar-refractivity contribution is 0.0927. The molecule has 0 saturated heterocycles. The Morgan fingerprint density at radius 1 is 1.04 bits per heavy atom. The molecule has 0 radical (unpaired) electrons. The summed E-state index contributed by atoms with van der Waals surface area (Å²) in [6.07, 6.45) is 7.83. The monoisotopic (exact) mass is 333 g/mol. The van der Waals surface area contributed by atoms with Gasteiger partial charge < -0.3 is 9.88 Å². The molecule has 0 spiro atoms. The first-order valence-electron chi connectivity index (χ1n) is 9.09. The van der Waals surface area contributed by atoms with E-state index in [2.05, 4.69) is 20.9 Å². The molecule has 1 fully saturated rings. The smallest absolute Gasteiger partial charge is 0.251 e. The lowest BCUT2D eigenvalue weighted by Gasteiger charge is -2.22. The van der Waals surface area contributed by atoms with Crippen LogP contribution in [-0.2, 0) is 6.54 Å². The predicted molar refractivity (Wildman–Crippen MR) is 99.6 cm³/mol. The van der Waals surface area contributed by atoms with Gasteiger partial charge in [-0.15, -0.1) is 0 Å². The first-order valence-corrected chi connectivity index (χ1v) is 9.09. The van der Waals surface area contributed by atoms with Crippen LogP contribution in [-0.4, -0.2) is 21.5 Å². The molecular weight excluding hydrogens is 310 g/mol. The summed E-state index contributed by atoms with van der Waals surface area (Å²) in [6.45, 7) is 0.755. The quantitative estimate of drug-likeness (QED) is 0.780. The minimum absolute atomic E-state index is 0.0477. The summed E-state index contributed by atoms with van der Waals surface area (Å²) >= 11 is 0. The van der Waals surface area contributed by atoms with Gasteiger partial charge in [0.15, 0.2) is 0 Å². The molecule has 1 saturated carbocycles. The molecule has 3 aromatic rings. The van der Waals surface area contributed by atoms with Crippen molar-refractivity contribution in [1.82, 2.24) is 14.9 Å². The molecule has 0 bridgehead atoms. The van der Waals surface area contributed by atoms with Crippen LogP contribution in [0.5, 0.6) is 0 Å². The summed E-state index contributed by atoms with van der Waals surface area (Å²) in [7, 11) is 0. The zero-order valence-electron chi connectivity index (χ0n) is 14.3. The van der Waals surface area contributed by atoms with Gasteiger partial charge in [0.1, 0.15) is 0 Å². The van der Waals surface area contributed by atoms with Gasteiger partial charge in [0.05, 0.1) is 17.4 Å². The fourth-order valence-electron chi connectivity index (χ4n) is 3.61. The molecule has 1 N–H and O–H groups in total. The molecule has 0 aliphatic heterocycles. The van der Waals surface area contributed by atoms with E-state index in [-0.39, 0.29) is 5.91 Å². The Bertz CT molecular complexity index is 860. The van der Waals surface area contributed by atoms with Crippen molar-refractivity contribution in [2.24, 2.45) is 0 Å². The highest BCUT2D eigenvalue weighted by Crippen LogP contribution is 2.18. The van der Waals surface area contributed by atoms with Crippen LogP contribution in [0.4, 0.5) is 0 Å². The standard InChI is InChI=1S/C21H23N3O/c25-21(23-18-6-2-1-3-7-18)17-12-10-16(11-13-17)14-24-15-22-19-8-4-5-9-20(19)24/h4-5,8-13,15,18H,1-3,6-7,14H2,(H,23,25). The molecule has 4 nitrogen and oxygen atoms in total. The van der Waals surface area contributed by atoms with E-state index in [1.165, 1.54) is 19.3 Å². The summed E-state index contributed by atoms with van der Waals surface area (Å²) < 4.78 is 2.13. The largest absolute Gasteiger partial charge is 0.349 e. The van der Waals surface area contributed by atoms with E-state index in [9.17, 15) is 4.79 Å². The molecule has 4 heteroatoms. The van der Waals surface area contributed by atoms with E-state index < -0.39 is 0 Å². The number of hydrogen-bond acceptors (Lipinski definition) is 2. The maximum absolute atomic E-state index is 12.4. The van der Waals surface area contributed by atoms with Crippen LogP contribution in [0, 0.1) is 0 Å². The third-order valence-corrected chi connectivity index (χ3v) is 5.04. The minimum Gasteiger partial charge on any atom is -0.349 e. The van der Waals surface area contributed by atoms with Crippen LogP contribution < -0.4 is 5.32 Å². The predicted octanol–water partition coefficient (Wildman–Crippen LogP) is 4.15. The van der Waals surface area contributed by atoms with Crippen LogP contribution in [0.25, 0.3) is 11.0 Å². The molecule has 4 rings (SSSR count). The molecule has 0 atom stereocenters. The fraction of sp³-hybridized carbons (Fsp3) is 0.333. The van der Waals surface area contributed by atoms with Crippen molar-refractivity contribution in [3.05, 3.63) is 66.0 Å². The van der Waals surface area contributed by atoms with Gasteiger partial charge in [-0.1, -0.05) is 43.5 Å². The van der Waals surface area contributed by atoms with Gasteiger partial charge in [-0.2, -0.15) is 0 Å². The van der Waals surface area contributed by atoms with Gasteiger partial charge >= 0.3 is 0 Å². The number of amides is 1. The molecule has 128 valence electrons. The highest BCUT2D eigenvalue weighted by molar-refractivity contribution is 5.94. The SMILES string of the molecule is O=C(NC1CCCCC1)c1ccc(Cn2cnc3ccccc32)cc1. The number of rotatable bonds is 4. The Balaban J connectivity index is 1.43. The normalized spacial score (nSPS) is 15.4. The number of imidazole rings is 1. The summed E-state index contributed by atoms with van der Waals surface area (Å²) in [5.74, 6) is 0.0477. The van der Waals surface area contributed by atoms with Crippen molar-refractivity contribution in [1.29, 1.82) is 0 Å². The molecule has 1 aromatic heterocycles. The Morgan fingerprint density at radius 2 is 1.80 bits per heavy atom. The molecule has 1 aliphatic rings. The van der Waals surface area contributed by atoms with Crippen LogP contribution >= 0.6 is 0 Å². The Hall–Kier alpha value is -2.62. The number of aromatic nitrogens is 2. The summed E-state index contributed by atoms with van der Waals surface area (Å²) in [6, 6.07) is 16.4. The number of nitrogens with one attached hydrogen (secondary N) is 1. The average Bonchev–Trinajstić information content (AvgIpc) is 3.06. The van der Waals surface area contributed by atoms with Gasteiger partial charge in [0, 0.05) is 18.2 Å². The second-order valence-electron chi connectivity index (χ2n) is 6.87. The third-order valence-electron chi connectivity index (χ3n) is 5.04.